The first-order valence-electron chi connectivity index (χ1n) is 10.8. The summed E-state index contributed by atoms with van der Waals surface area (Å²) in [5.74, 6) is 0.743. The average Bonchev–Trinajstić information content (AvgIpc) is 3.23. The molecule has 0 aliphatic heterocycles. The topological polar surface area (TPSA) is 48.1 Å². The van der Waals surface area contributed by atoms with E-state index in [1.807, 2.05) is 24.3 Å². The molecule has 0 aliphatic rings. The highest BCUT2D eigenvalue weighted by atomic mass is 32.2. The lowest BCUT2D eigenvalue weighted by atomic mass is 9.98. The summed E-state index contributed by atoms with van der Waals surface area (Å²) in [6, 6.07) is 36.5. The van der Waals surface area contributed by atoms with Gasteiger partial charge >= 0.3 is 0 Å². The molecule has 0 atom stereocenters. The molecule has 4 aromatic carbocycles. The number of nitro groups is 1. The number of rotatable bonds is 7. The zero-order valence-corrected chi connectivity index (χ0v) is 18.7. The molecule has 0 spiro atoms. The predicted molar refractivity (Wildman–Crippen MR) is 135 cm³/mol. The monoisotopic (exact) mass is 450 g/mol. The van der Waals surface area contributed by atoms with Crippen molar-refractivity contribution in [3.05, 3.63) is 142 Å². The van der Waals surface area contributed by atoms with Crippen LogP contribution in [0.2, 0.25) is 0 Å². The van der Waals surface area contributed by atoms with Crippen molar-refractivity contribution < 1.29 is 4.92 Å². The molecule has 33 heavy (non-hydrogen) atoms. The summed E-state index contributed by atoms with van der Waals surface area (Å²) in [6.45, 7) is 0. The van der Waals surface area contributed by atoms with Gasteiger partial charge in [-0.25, -0.2) is 0 Å². The van der Waals surface area contributed by atoms with Crippen molar-refractivity contribution >= 4 is 28.4 Å². The quantitative estimate of drug-likeness (QED) is 0.147. The molecule has 5 aromatic rings. The fraction of sp³-hybridized carbons (Fsp3) is 0.0714. The molecule has 0 amide bonds. The van der Waals surface area contributed by atoms with E-state index in [4.69, 9.17) is 0 Å². The van der Waals surface area contributed by atoms with Crippen molar-refractivity contribution in [2.24, 2.45) is 0 Å². The van der Waals surface area contributed by atoms with Gasteiger partial charge in [0.15, 0.2) is 0 Å². The number of aromatic nitrogens is 1. The summed E-state index contributed by atoms with van der Waals surface area (Å²) < 4.78 is 2.36. The van der Waals surface area contributed by atoms with E-state index in [1.165, 1.54) is 26.9 Å². The lowest BCUT2D eigenvalue weighted by Gasteiger charge is -2.21. The molecular weight excluding hydrogens is 428 g/mol. The van der Waals surface area contributed by atoms with E-state index in [0.717, 1.165) is 11.3 Å². The number of thioether (sulfide) groups is 1. The van der Waals surface area contributed by atoms with Crippen LogP contribution in [0.5, 0.6) is 0 Å². The van der Waals surface area contributed by atoms with E-state index in [2.05, 4.69) is 83.6 Å². The Morgan fingerprint density at radius 1 is 0.758 bits per heavy atom. The van der Waals surface area contributed by atoms with E-state index < -0.39 is 0 Å². The first-order chi connectivity index (χ1) is 16.2. The molecule has 162 valence electrons. The maximum absolute atomic E-state index is 10.9. The van der Waals surface area contributed by atoms with Gasteiger partial charge in [0.1, 0.15) is 0 Å². The number of hydrogen-bond acceptors (Lipinski definition) is 3. The molecule has 5 heteroatoms. The van der Waals surface area contributed by atoms with Gasteiger partial charge in [0.25, 0.3) is 5.69 Å². The van der Waals surface area contributed by atoms with Gasteiger partial charge in [-0.1, -0.05) is 91.0 Å². The van der Waals surface area contributed by atoms with Crippen molar-refractivity contribution in [1.29, 1.82) is 0 Å². The Morgan fingerprint density at radius 2 is 1.33 bits per heavy atom. The zero-order valence-electron chi connectivity index (χ0n) is 17.9. The molecule has 0 saturated carbocycles. The second-order valence-electron chi connectivity index (χ2n) is 7.85. The lowest BCUT2D eigenvalue weighted by Crippen LogP contribution is -2.11. The normalized spacial score (nSPS) is 11.2. The van der Waals surface area contributed by atoms with E-state index >= 15 is 0 Å². The number of fused-ring (bicyclic) bond motifs is 1. The fourth-order valence-corrected chi connectivity index (χ4v) is 5.19. The molecule has 5 rings (SSSR count). The Hall–Kier alpha value is -3.83. The highest BCUT2D eigenvalue weighted by molar-refractivity contribution is 7.98. The number of para-hydroxylation sites is 1. The van der Waals surface area contributed by atoms with Crippen LogP contribution in [0.4, 0.5) is 5.69 Å². The smallest absolute Gasteiger partial charge is 0.269 e. The van der Waals surface area contributed by atoms with Gasteiger partial charge in [0.05, 0.1) is 16.5 Å². The second-order valence-corrected chi connectivity index (χ2v) is 8.87. The standard InChI is InChI=1S/C28H22N2O2S/c31-30(32)24-17-15-21(16-18-24)20-33-27-19-29(26-14-8-7-13-25(26)27)28(22-9-3-1-4-10-22)23-11-5-2-6-12-23/h1-19,28H,20H2. The third-order valence-corrected chi connectivity index (χ3v) is 6.87. The number of benzene rings is 4. The summed E-state index contributed by atoms with van der Waals surface area (Å²) in [7, 11) is 0. The predicted octanol–water partition coefficient (Wildman–Crippen LogP) is 7.48. The molecule has 0 aliphatic carbocycles. The van der Waals surface area contributed by atoms with Gasteiger partial charge < -0.3 is 4.57 Å². The van der Waals surface area contributed by atoms with Crippen molar-refractivity contribution in [1.82, 2.24) is 4.57 Å². The molecule has 1 aromatic heterocycles. The molecule has 0 radical (unpaired) electrons. The van der Waals surface area contributed by atoms with Gasteiger partial charge in [0, 0.05) is 34.4 Å². The summed E-state index contributed by atoms with van der Waals surface area (Å²) in [6.07, 6.45) is 2.24. The maximum atomic E-state index is 10.9. The molecule has 0 saturated heterocycles. The van der Waals surface area contributed by atoms with Crippen LogP contribution in [0.15, 0.2) is 120 Å². The molecule has 1 heterocycles. The van der Waals surface area contributed by atoms with Crippen LogP contribution in [0, 0.1) is 10.1 Å². The minimum atomic E-state index is -0.363. The third-order valence-electron chi connectivity index (χ3n) is 5.75. The summed E-state index contributed by atoms with van der Waals surface area (Å²) in [5.41, 5.74) is 4.83. The minimum absolute atomic E-state index is 0.0611. The first-order valence-corrected chi connectivity index (χ1v) is 11.7. The Balaban J connectivity index is 1.54. The van der Waals surface area contributed by atoms with Crippen LogP contribution in [-0.2, 0) is 5.75 Å². The molecule has 4 nitrogen and oxygen atoms in total. The minimum Gasteiger partial charge on any atom is -0.335 e. The second kappa shape index (κ2) is 9.35. The van der Waals surface area contributed by atoms with Crippen molar-refractivity contribution in [3.8, 4) is 0 Å². The summed E-state index contributed by atoms with van der Waals surface area (Å²) >= 11 is 1.76. The van der Waals surface area contributed by atoms with Crippen molar-refractivity contribution in [2.45, 2.75) is 16.7 Å². The Morgan fingerprint density at radius 3 is 1.94 bits per heavy atom. The van der Waals surface area contributed by atoms with Crippen molar-refractivity contribution in [2.75, 3.05) is 0 Å². The Labute approximate surface area is 196 Å². The van der Waals surface area contributed by atoms with Gasteiger partial charge in [-0.15, -0.1) is 11.8 Å². The molecule has 0 N–H and O–H groups in total. The van der Waals surface area contributed by atoms with Crippen LogP contribution < -0.4 is 0 Å². The van der Waals surface area contributed by atoms with Gasteiger partial charge in [-0.2, -0.15) is 0 Å². The third kappa shape index (κ3) is 4.41. The van der Waals surface area contributed by atoms with E-state index in [9.17, 15) is 10.1 Å². The molecule has 0 bridgehead atoms. The molecular formula is C28H22N2O2S. The molecule has 0 fully saturated rings. The Kier molecular flexibility index (Phi) is 5.96. The SMILES string of the molecule is O=[N+]([O-])c1ccc(CSc2cn(C(c3ccccc3)c3ccccc3)c3ccccc23)cc1. The largest absolute Gasteiger partial charge is 0.335 e. The number of nitrogens with zero attached hydrogens (tertiary/aromatic N) is 2. The van der Waals surface area contributed by atoms with Crippen LogP contribution in [0.3, 0.4) is 0 Å². The van der Waals surface area contributed by atoms with E-state index in [0.29, 0.717) is 0 Å². The van der Waals surface area contributed by atoms with Gasteiger partial charge in [-0.05, 0) is 22.8 Å². The van der Waals surface area contributed by atoms with Gasteiger partial charge in [-0.3, -0.25) is 10.1 Å². The van der Waals surface area contributed by atoms with Crippen LogP contribution >= 0.6 is 11.8 Å². The van der Waals surface area contributed by atoms with Crippen LogP contribution in [-0.4, -0.2) is 9.49 Å². The first kappa shape index (κ1) is 21.0. The fourth-order valence-electron chi connectivity index (χ4n) is 4.16. The number of nitro benzene ring substituents is 1. The van der Waals surface area contributed by atoms with Crippen LogP contribution in [0.1, 0.15) is 22.7 Å². The average molecular weight is 451 g/mol. The van der Waals surface area contributed by atoms with Crippen LogP contribution in [0.25, 0.3) is 10.9 Å². The van der Waals surface area contributed by atoms with E-state index in [-0.39, 0.29) is 16.7 Å². The Bertz CT molecular complexity index is 1340. The molecule has 0 unspecified atom stereocenters. The van der Waals surface area contributed by atoms with Gasteiger partial charge in [0.2, 0.25) is 0 Å². The number of non-ortho nitro benzene ring substituents is 1. The van der Waals surface area contributed by atoms with Crippen molar-refractivity contribution in [3.63, 3.8) is 0 Å². The summed E-state index contributed by atoms with van der Waals surface area (Å²) in [5, 5.41) is 12.1. The summed E-state index contributed by atoms with van der Waals surface area (Å²) in [4.78, 5) is 11.8. The van der Waals surface area contributed by atoms with E-state index in [1.54, 1.807) is 23.9 Å². The number of hydrogen-bond donors (Lipinski definition) is 0. The maximum Gasteiger partial charge on any atom is 0.269 e. The highest BCUT2D eigenvalue weighted by Crippen LogP contribution is 2.37. The lowest BCUT2D eigenvalue weighted by molar-refractivity contribution is -0.384. The zero-order chi connectivity index (χ0) is 22.6. The highest BCUT2D eigenvalue weighted by Gasteiger charge is 2.20.